The molecule has 0 bridgehead atoms. The molecule has 1 heterocycles. The molecule has 0 spiro atoms. The van der Waals surface area contributed by atoms with Crippen LogP contribution in [0.2, 0.25) is 0 Å². The summed E-state index contributed by atoms with van der Waals surface area (Å²) in [5.74, 6) is 0.552. The highest BCUT2D eigenvalue weighted by Crippen LogP contribution is 2.28. The van der Waals surface area contributed by atoms with E-state index in [1.165, 1.54) is 0 Å². The minimum Gasteiger partial charge on any atom is -0.495 e. The van der Waals surface area contributed by atoms with Gasteiger partial charge >= 0.3 is 0 Å². The zero-order valence-corrected chi connectivity index (χ0v) is 12.9. The van der Waals surface area contributed by atoms with Crippen molar-refractivity contribution in [2.24, 2.45) is 0 Å². The van der Waals surface area contributed by atoms with Crippen LogP contribution in [0, 0.1) is 0 Å². The van der Waals surface area contributed by atoms with E-state index in [4.69, 9.17) is 4.74 Å². The van der Waals surface area contributed by atoms with Crippen LogP contribution in [0.3, 0.4) is 0 Å². The Morgan fingerprint density at radius 3 is 2.68 bits per heavy atom. The van der Waals surface area contributed by atoms with E-state index >= 15 is 0 Å². The molecule has 0 atom stereocenters. The Bertz CT molecular complexity index is 615. The molecule has 2 rings (SSSR count). The van der Waals surface area contributed by atoms with Crippen molar-refractivity contribution >= 4 is 11.6 Å². The third-order valence-electron chi connectivity index (χ3n) is 3.24. The SMILES string of the molecule is CCCNC(=O)c1cccc(OC)c1NCc1ccncc1. The fourth-order valence-corrected chi connectivity index (χ4v) is 2.10. The predicted molar refractivity (Wildman–Crippen MR) is 87.2 cm³/mol. The molecule has 22 heavy (non-hydrogen) atoms. The predicted octanol–water partition coefficient (Wildman–Crippen LogP) is 2.84. The molecule has 2 aromatic rings. The lowest BCUT2D eigenvalue weighted by Gasteiger charge is -2.15. The summed E-state index contributed by atoms with van der Waals surface area (Å²) in [7, 11) is 1.60. The number of para-hydroxylation sites is 1. The number of carbonyl (C=O) groups is 1. The lowest BCUT2D eigenvalue weighted by Crippen LogP contribution is -2.25. The van der Waals surface area contributed by atoms with E-state index in [1.54, 1.807) is 25.6 Å². The molecule has 0 radical (unpaired) electrons. The zero-order valence-electron chi connectivity index (χ0n) is 12.9. The van der Waals surface area contributed by atoms with Gasteiger partial charge in [-0.2, -0.15) is 0 Å². The number of ether oxygens (including phenoxy) is 1. The van der Waals surface area contributed by atoms with E-state index in [-0.39, 0.29) is 5.91 Å². The number of amides is 1. The van der Waals surface area contributed by atoms with Crippen molar-refractivity contribution in [2.75, 3.05) is 19.0 Å². The van der Waals surface area contributed by atoms with Gasteiger partial charge in [0, 0.05) is 25.5 Å². The first kappa shape index (κ1) is 15.8. The summed E-state index contributed by atoms with van der Waals surface area (Å²) in [6.45, 7) is 3.27. The molecule has 0 aliphatic rings. The minimum atomic E-state index is -0.0991. The molecule has 0 saturated heterocycles. The first-order chi connectivity index (χ1) is 10.8. The Morgan fingerprint density at radius 1 is 1.23 bits per heavy atom. The van der Waals surface area contributed by atoms with Gasteiger partial charge in [-0.05, 0) is 36.2 Å². The van der Waals surface area contributed by atoms with Crippen LogP contribution in [0.15, 0.2) is 42.7 Å². The Balaban J connectivity index is 2.21. The standard InChI is InChI=1S/C17H21N3O2/c1-3-9-19-17(21)14-5-4-6-15(22-2)16(14)20-12-13-7-10-18-11-8-13/h4-8,10-11,20H,3,9,12H2,1-2H3,(H,19,21). The highest BCUT2D eigenvalue weighted by Gasteiger charge is 2.15. The maximum absolute atomic E-state index is 12.3. The summed E-state index contributed by atoms with van der Waals surface area (Å²) < 4.78 is 5.37. The average molecular weight is 299 g/mol. The Labute approximate surface area is 130 Å². The normalized spacial score (nSPS) is 10.1. The summed E-state index contributed by atoms with van der Waals surface area (Å²) in [5, 5.41) is 6.19. The third kappa shape index (κ3) is 3.97. The first-order valence-electron chi connectivity index (χ1n) is 7.34. The van der Waals surface area contributed by atoms with E-state index in [9.17, 15) is 4.79 Å². The van der Waals surface area contributed by atoms with Crippen molar-refractivity contribution < 1.29 is 9.53 Å². The van der Waals surface area contributed by atoms with Gasteiger partial charge in [-0.25, -0.2) is 0 Å². The summed E-state index contributed by atoms with van der Waals surface area (Å²) in [6.07, 6.45) is 4.39. The van der Waals surface area contributed by atoms with Gasteiger partial charge in [0.05, 0.1) is 18.4 Å². The van der Waals surface area contributed by atoms with Crippen molar-refractivity contribution in [2.45, 2.75) is 19.9 Å². The molecule has 0 aliphatic carbocycles. The van der Waals surface area contributed by atoms with Crippen LogP contribution in [-0.4, -0.2) is 24.5 Å². The van der Waals surface area contributed by atoms with Crippen LogP contribution in [0.5, 0.6) is 5.75 Å². The van der Waals surface area contributed by atoms with Crippen molar-refractivity contribution in [3.63, 3.8) is 0 Å². The fourth-order valence-electron chi connectivity index (χ4n) is 2.10. The summed E-state index contributed by atoms with van der Waals surface area (Å²) >= 11 is 0. The minimum absolute atomic E-state index is 0.0991. The molecule has 0 aliphatic heterocycles. The smallest absolute Gasteiger partial charge is 0.253 e. The van der Waals surface area contributed by atoms with Crippen molar-refractivity contribution in [3.05, 3.63) is 53.9 Å². The largest absolute Gasteiger partial charge is 0.495 e. The highest BCUT2D eigenvalue weighted by molar-refractivity contribution is 6.01. The summed E-state index contributed by atoms with van der Waals surface area (Å²) in [4.78, 5) is 16.3. The van der Waals surface area contributed by atoms with Crippen molar-refractivity contribution in [1.29, 1.82) is 0 Å². The van der Waals surface area contributed by atoms with Gasteiger partial charge in [0.2, 0.25) is 0 Å². The molecular weight excluding hydrogens is 278 g/mol. The molecule has 1 aromatic heterocycles. The molecule has 0 fully saturated rings. The number of aromatic nitrogens is 1. The molecule has 5 heteroatoms. The fraction of sp³-hybridized carbons (Fsp3) is 0.294. The number of benzene rings is 1. The van der Waals surface area contributed by atoms with E-state index in [2.05, 4.69) is 15.6 Å². The highest BCUT2D eigenvalue weighted by atomic mass is 16.5. The molecule has 2 N–H and O–H groups in total. The van der Waals surface area contributed by atoms with Crippen LogP contribution in [0.25, 0.3) is 0 Å². The maximum atomic E-state index is 12.3. The van der Waals surface area contributed by atoms with Crippen LogP contribution in [0.4, 0.5) is 5.69 Å². The van der Waals surface area contributed by atoms with Gasteiger partial charge in [0.1, 0.15) is 5.75 Å². The number of hydrogen-bond acceptors (Lipinski definition) is 4. The van der Waals surface area contributed by atoms with Gasteiger partial charge in [-0.3, -0.25) is 9.78 Å². The second kappa shape index (κ2) is 8.02. The lowest BCUT2D eigenvalue weighted by atomic mass is 10.1. The van der Waals surface area contributed by atoms with Crippen LogP contribution >= 0.6 is 0 Å². The molecule has 5 nitrogen and oxygen atoms in total. The summed E-state index contributed by atoms with van der Waals surface area (Å²) in [6, 6.07) is 9.31. The number of carbonyl (C=O) groups excluding carboxylic acids is 1. The summed E-state index contributed by atoms with van der Waals surface area (Å²) in [5.41, 5.74) is 2.37. The van der Waals surface area contributed by atoms with Crippen molar-refractivity contribution in [3.8, 4) is 5.75 Å². The quantitative estimate of drug-likeness (QED) is 0.825. The monoisotopic (exact) mass is 299 g/mol. The number of hydrogen-bond donors (Lipinski definition) is 2. The molecular formula is C17H21N3O2. The number of nitrogens with one attached hydrogen (secondary N) is 2. The number of pyridine rings is 1. The number of rotatable bonds is 7. The lowest BCUT2D eigenvalue weighted by molar-refractivity contribution is 0.0954. The van der Waals surface area contributed by atoms with E-state index in [0.717, 1.165) is 12.0 Å². The van der Waals surface area contributed by atoms with Gasteiger partial charge in [0.25, 0.3) is 5.91 Å². The maximum Gasteiger partial charge on any atom is 0.253 e. The van der Waals surface area contributed by atoms with Gasteiger partial charge in [0.15, 0.2) is 0 Å². The van der Waals surface area contributed by atoms with Crippen LogP contribution in [-0.2, 0) is 6.54 Å². The van der Waals surface area contributed by atoms with E-state index in [1.807, 2.05) is 31.2 Å². The van der Waals surface area contributed by atoms with Crippen LogP contribution in [0.1, 0.15) is 29.3 Å². The average Bonchev–Trinajstić information content (AvgIpc) is 2.58. The number of anilines is 1. The zero-order chi connectivity index (χ0) is 15.8. The number of nitrogens with zero attached hydrogens (tertiary/aromatic N) is 1. The molecule has 116 valence electrons. The molecule has 1 aromatic carbocycles. The second-order valence-corrected chi connectivity index (χ2v) is 4.85. The van der Waals surface area contributed by atoms with E-state index in [0.29, 0.717) is 30.1 Å². The van der Waals surface area contributed by atoms with Gasteiger partial charge in [-0.15, -0.1) is 0 Å². The Hall–Kier alpha value is -2.56. The van der Waals surface area contributed by atoms with Crippen molar-refractivity contribution in [1.82, 2.24) is 10.3 Å². The molecule has 1 amide bonds. The van der Waals surface area contributed by atoms with Gasteiger partial charge in [-0.1, -0.05) is 13.0 Å². The van der Waals surface area contributed by atoms with Gasteiger partial charge < -0.3 is 15.4 Å². The first-order valence-corrected chi connectivity index (χ1v) is 7.34. The molecule has 0 unspecified atom stereocenters. The molecule has 0 saturated carbocycles. The third-order valence-corrected chi connectivity index (χ3v) is 3.24. The Morgan fingerprint density at radius 2 is 2.00 bits per heavy atom. The van der Waals surface area contributed by atoms with E-state index < -0.39 is 0 Å². The second-order valence-electron chi connectivity index (χ2n) is 4.85. The Kier molecular flexibility index (Phi) is 5.77. The topological polar surface area (TPSA) is 63.2 Å². The van der Waals surface area contributed by atoms with Crippen LogP contribution < -0.4 is 15.4 Å². The number of methoxy groups -OCH3 is 1.